The molecule has 4 aliphatic carbocycles. The van der Waals surface area contributed by atoms with Crippen LogP contribution in [-0.4, -0.2) is 52.8 Å². The molecule has 9 nitrogen and oxygen atoms in total. The number of hydrogen-bond donors (Lipinski definition) is 1. The van der Waals surface area contributed by atoms with Crippen LogP contribution in [0.2, 0.25) is 0 Å². The summed E-state index contributed by atoms with van der Waals surface area (Å²) in [6, 6.07) is -0.828. The van der Waals surface area contributed by atoms with Crippen LogP contribution in [0.25, 0.3) is 0 Å². The van der Waals surface area contributed by atoms with E-state index in [0.717, 1.165) is 32.1 Å². The molecular formula is C43H73NO8. The van der Waals surface area contributed by atoms with Gasteiger partial charge in [0.15, 0.2) is 5.92 Å². The van der Waals surface area contributed by atoms with Gasteiger partial charge in [0.2, 0.25) is 0 Å². The maximum Gasteiger partial charge on any atom is 0.323 e. The molecule has 298 valence electrons. The zero-order valence-corrected chi connectivity index (χ0v) is 34.7. The van der Waals surface area contributed by atoms with Crippen LogP contribution in [-0.2, 0) is 38.1 Å². The van der Waals surface area contributed by atoms with E-state index in [9.17, 15) is 19.2 Å². The highest BCUT2D eigenvalue weighted by molar-refractivity contribution is 5.95. The molecule has 4 aliphatic rings. The standard InChI is InChI=1S/C43H73NO8/c1-26(13-15-30(36(46)51-40(5,6)7)37(47)52-41(8,9)10)31-17-18-32-29-16-14-27-25-28(21-23-42(27,11)33(29)22-24-43(31,32)12)49-38(48)34(44)19-20-35(45)50-39(2,3)4/h26-34H,13-25,44H2,1-12H3/t26-,27?,28-,29?,31?,32?,33?,34+,42+,43-/m1/s1. The molecule has 0 radical (unpaired) electrons. The van der Waals surface area contributed by atoms with Gasteiger partial charge in [0.25, 0.3) is 0 Å². The third-order valence-corrected chi connectivity index (χ3v) is 13.3. The summed E-state index contributed by atoms with van der Waals surface area (Å²) in [4.78, 5) is 51.5. The molecule has 0 aliphatic heterocycles. The van der Waals surface area contributed by atoms with Crippen molar-refractivity contribution in [2.75, 3.05) is 0 Å². The first-order valence-electron chi connectivity index (χ1n) is 20.5. The molecule has 0 amide bonds. The molecule has 0 aromatic rings. The summed E-state index contributed by atoms with van der Waals surface area (Å²) < 4.78 is 22.7. The van der Waals surface area contributed by atoms with Crippen LogP contribution in [0.15, 0.2) is 0 Å². The Balaban J connectivity index is 1.34. The number of esters is 4. The smallest absolute Gasteiger partial charge is 0.323 e. The van der Waals surface area contributed by atoms with E-state index < -0.39 is 46.7 Å². The van der Waals surface area contributed by atoms with Gasteiger partial charge in [-0.15, -0.1) is 0 Å². The molecule has 10 atom stereocenters. The number of rotatable bonds is 11. The molecule has 2 N–H and O–H groups in total. The van der Waals surface area contributed by atoms with Gasteiger partial charge in [-0.05, 0) is 186 Å². The number of hydrogen-bond acceptors (Lipinski definition) is 9. The Bertz CT molecular complexity index is 1260. The SMILES string of the molecule is C[C@H](CCC(C(=O)OC(C)(C)C)C(=O)OC(C)(C)C)C1CCC2C3CCC4C[C@H](OC(=O)[C@@H](N)CCC(=O)OC(C)(C)C)CC[C@]4(C)C3CC[C@@]21C. The van der Waals surface area contributed by atoms with E-state index in [1.54, 1.807) is 0 Å². The monoisotopic (exact) mass is 732 g/mol. The first kappa shape index (κ1) is 42.6. The first-order valence-corrected chi connectivity index (χ1v) is 20.5. The van der Waals surface area contributed by atoms with Crippen LogP contribution < -0.4 is 5.73 Å². The third-order valence-electron chi connectivity index (χ3n) is 13.3. The fourth-order valence-corrected chi connectivity index (χ4v) is 11.0. The van der Waals surface area contributed by atoms with Gasteiger partial charge in [-0.2, -0.15) is 0 Å². The third kappa shape index (κ3) is 10.3. The number of fused-ring (bicyclic) bond motifs is 5. The van der Waals surface area contributed by atoms with Gasteiger partial charge in [0.1, 0.15) is 28.9 Å². The second-order valence-electron chi connectivity index (χ2n) is 20.6. The molecule has 0 aromatic carbocycles. The number of carbonyl (C=O) groups excluding carboxylic acids is 4. The van der Waals surface area contributed by atoms with E-state index in [1.807, 2.05) is 62.3 Å². The Morgan fingerprint density at radius 3 is 1.81 bits per heavy atom. The van der Waals surface area contributed by atoms with Crippen LogP contribution in [0.1, 0.15) is 167 Å². The van der Waals surface area contributed by atoms with E-state index >= 15 is 0 Å². The fraction of sp³-hybridized carbons (Fsp3) is 0.907. The van der Waals surface area contributed by atoms with Crippen molar-refractivity contribution in [3.8, 4) is 0 Å². The zero-order valence-electron chi connectivity index (χ0n) is 34.7. The van der Waals surface area contributed by atoms with Crippen molar-refractivity contribution < 1.29 is 38.1 Å². The molecule has 0 heterocycles. The zero-order chi connectivity index (χ0) is 39.0. The largest absolute Gasteiger partial charge is 0.461 e. The minimum Gasteiger partial charge on any atom is -0.461 e. The van der Waals surface area contributed by atoms with Crippen molar-refractivity contribution in [2.45, 2.75) is 196 Å². The Labute approximate surface area is 314 Å². The molecule has 0 saturated heterocycles. The lowest BCUT2D eigenvalue weighted by molar-refractivity contribution is -0.175. The molecule has 4 rings (SSSR count). The van der Waals surface area contributed by atoms with E-state index in [4.69, 9.17) is 24.7 Å². The summed E-state index contributed by atoms with van der Waals surface area (Å²) in [5, 5.41) is 0. The van der Waals surface area contributed by atoms with Gasteiger partial charge in [0, 0.05) is 6.42 Å². The Kier molecular flexibility index (Phi) is 13.0. The minimum atomic E-state index is -0.917. The Hall–Kier alpha value is -2.16. The van der Waals surface area contributed by atoms with Crippen LogP contribution in [0.4, 0.5) is 0 Å². The average Bonchev–Trinajstić information content (AvgIpc) is 3.34. The lowest BCUT2D eigenvalue weighted by Gasteiger charge is -2.61. The van der Waals surface area contributed by atoms with Crippen LogP contribution in [0.3, 0.4) is 0 Å². The molecule has 0 spiro atoms. The maximum absolute atomic E-state index is 13.2. The molecule has 52 heavy (non-hydrogen) atoms. The van der Waals surface area contributed by atoms with Crippen LogP contribution >= 0.6 is 0 Å². The van der Waals surface area contributed by atoms with Crippen molar-refractivity contribution in [3.63, 3.8) is 0 Å². The second kappa shape index (κ2) is 15.9. The van der Waals surface area contributed by atoms with Gasteiger partial charge >= 0.3 is 23.9 Å². The molecule has 0 bridgehead atoms. The lowest BCUT2D eigenvalue weighted by Crippen LogP contribution is -2.54. The summed E-state index contributed by atoms with van der Waals surface area (Å²) in [7, 11) is 0. The number of carbonyl (C=O) groups is 4. The predicted octanol–water partition coefficient (Wildman–Crippen LogP) is 8.72. The van der Waals surface area contributed by atoms with Gasteiger partial charge in [-0.3, -0.25) is 19.2 Å². The number of nitrogens with two attached hydrogens (primary N) is 1. The van der Waals surface area contributed by atoms with Crippen molar-refractivity contribution in [3.05, 3.63) is 0 Å². The van der Waals surface area contributed by atoms with Crippen molar-refractivity contribution in [2.24, 2.45) is 58.0 Å². The molecular weight excluding hydrogens is 658 g/mol. The normalized spacial score (nSPS) is 33.2. The molecule has 0 aromatic heterocycles. The Morgan fingerprint density at radius 1 is 0.673 bits per heavy atom. The van der Waals surface area contributed by atoms with Gasteiger partial charge in [-0.25, -0.2) is 0 Å². The molecule has 5 unspecified atom stereocenters. The summed E-state index contributed by atoms with van der Waals surface area (Å²) in [6.45, 7) is 23.9. The topological polar surface area (TPSA) is 131 Å². The van der Waals surface area contributed by atoms with Crippen LogP contribution in [0, 0.1) is 52.3 Å². The van der Waals surface area contributed by atoms with E-state index in [2.05, 4.69) is 20.8 Å². The summed E-state index contributed by atoms with van der Waals surface area (Å²) >= 11 is 0. The Morgan fingerprint density at radius 2 is 1.23 bits per heavy atom. The molecule has 4 saturated carbocycles. The summed E-state index contributed by atoms with van der Waals surface area (Å²) in [5.41, 5.74) is 4.74. The first-order chi connectivity index (χ1) is 23.8. The highest BCUT2D eigenvalue weighted by Crippen LogP contribution is 2.68. The average molecular weight is 732 g/mol. The predicted molar refractivity (Wildman–Crippen MR) is 202 cm³/mol. The van der Waals surface area contributed by atoms with Gasteiger partial charge < -0.3 is 24.7 Å². The fourth-order valence-electron chi connectivity index (χ4n) is 11.0. The van der Waals surface area contributed by atoms with E-state index in [0.29, 0.717) is 41.9 Å². The quantitative estimate of drug-likeness (QED) is 0.126. The second-order valence-corrected chi connectivity index (χ2v) is 20.6. The highest BCUT2D eigenvalue weighted by Gasteiger charge is 2.61. The minimum absolute atomic E-state index is 0.0976. The van der Waals surface area contributed by atoms with Gasteiger partial charge in [-0.1, -0.05) is 20.8 Å². The van der Waals surface area contributed by atoms with Crippen molar-refractivity contribution in [1.82, 2.24) is 0 Å². The van der Waals surface area contributed by atoms with Crippen molar-refractivity contribution in [1.29, 1.82) is 0 Å². The van der Waals surface area contributed by atoms with Crippen LogP contribution in [0.5, 0.6) is 0 Å². The number of ether oxygens (including phenoxy) is 4. The van der Waals surface area contributed by atoms with E-state index in [1.165, 1.54) is 32.1 Å². The lowest BCUT2D eigenvalue weighted by atomic mass is 9.44. The summed E-state index contributed by atoms with van der Waals surface area (Å²) in [5.74, 6) is 0.873. The highest BCUT2D eigenvalue weighted by atomic mass is 16.6. The van der Waals surface area contributed by atoms with Gasteiger partial charge in [0.05, 0.1) is 0 Å². The maximum atomic E-state index is 13.2. The van der Waals surface area contributed by atoms with Crippen molar-refractivity contribution >= 4 is 23.9 Å². The van der Waals surface area contributed by atoms with E-state index in [-0.39, 0.29) is 35.7 Å². The molecule has 9 heteroatoms. The molecule has 4 fully saturated rings. The summed E-state index contributed by atoms with van der Waals surface area (Å²) in [6.07, 6.45) is 11.5.